The lowest BCUT2D eigenvalue weighted by molar-refractivity contribution is 0.444. The molecule has 5 heteroatoms. The maximum absolute atomic E-state index is 5.70. The van der Waals surface area contributed by atoms with Gasteiger partial charge in [-0.15, -0.1) is 0 Å². The number of nitrogens with zero attached hydrogens (tertiary/aromatic N) is 3. The van der Waals surface area contributed by atoms with Gasteiger partial charge in [0.2, 0.25) is 0 Å². The number of aromatic nitrogens is 2. The fraction of sp³-hybridized carbons (Fsp3) is 0.714. The average molecular weight is 261 g/mol. The lowest BCUT2D eigenvalue weighted by Crippen LogP contribution is -2.32. The topological polar surface area (TPSA) is 67.1 Å². The zero-order valence-corrected chi connectivity index (χ0v) is 11.4. The fourth-order valence-electron chi connectivity index (χ4n) is 2.97. The molecule has 1 aromatic heterocycles. The molecule has 0 bridgehead atoms. The van der Waals surface area contributed by atoms with E-state index >= 15 is 0 Å². The minimum atomic E-state index is 0.552. The second kappa shape index (κ2) is 5.74. The lowest BCUT2D eigenvalue weighted by atomic mass is 9.93. The van der Waals surface area contributed by atoms with Gasteiger partial charge in [0.15, 0.2) is 0 Å². The zero-order valence-electron chi connectivity index (χ0n) is 11.4. The van der Waals surface area contributed by atoms with Crippen molar-refractivity contribution in [1.29, 1.82) is 0 Å². The second-order valence-corrected chi connectivity index (χ2v) is 5.60. The summed E-state index contributed by atoms with van der Waals surface area (Å²) >= 11 is 0. The van der Waals surface area contributed by atoms with Gasteiger partial charge in [-0.25, -0.2) is 9.97 Å². The molecule has 0 aromatic carbocycles. The highest BCUT2D eigenvalue weighted by atomic mass is 15.2. The third-order valence-corrected chi connectivity index (χ3v) is 4.28. The summed E-state index contributed by atoms with van der Waals surface area (Å²) in [5, 5.41) is 3.49. The molecule has 1 saturated heterocycles. The number of hydrogen-bond acceptors (Lipinski definition) is 5. The molecule has 1 aliphatic heterocycles. The van der Waals surface area contributed by atoms with Crippen molar-refractivity contribution in [2.45, 2.75) is 50.6 Å². The molecule has 1 unspecified atom stereocenters. The number of nitrogens with one attached hydrogen (secondary N) is 1. The van der Waals surface area contributed by atoms with Crippen LogP contribution in [-0.4, -0.2) is 35.1 Å². The quantitative estimate of drug-likeness (QED) is 0.845. The number of nitrogens with two attached hydrogens (primary N) is 1. The van der Waals surface area contributed by atoms with Crippen LogP contribution in [0.5, 0.6) is 0 Å². The Balaban J connectivity index is 1.70. The molecule has 0 radical (unpaired) electrons. The molecule has 5 nitrogen and oxygen atoms in total. The number of rotatable bonds is 5. The van der Waals surface area contributed by atoms with E-state index in [0.717, 1.165) is 31.1 Å². The molecule has 1 aliphatic carbocycles. The lowest BCUT2D eigenvalue weighted by Gasteiger charge is -2.28. The summed E-state index contributed by atoms with van der Waals surface area (Å²) < 4.78 is 0. The van der Waals surface area contributed by atoms with Crippen LogP contribution in [0.15, 0.2) is 12.4 Å². The van der Waals surface area contributed by atoms with Gasteiger partial charge in [-0.05, 0) is 45.1 Å². The summed E-state index contributed by atoms with van der Waals surface area (Å²) in [4.78, 5) is 11.2. The Morgan fingerprint density at radius 2 is 2.16 bits per heavy atom. The molecule has 1 aromatic rings. The van der Waals surface area contributed by atoms with E-state index < -0.39 is 0 Å². The number of hydrogen-bond donors (Lipinski definition) is 2. The fourth-order valence-corrected chi connectivity index (χ4v) is 2.97. The van der Waals surface area contributed by atoms with Crippen molar-refractivity contribution in [3.63, 3.8) is 0 Å². The van der Waals surface area contributed by atoms with Crippen molar-refractivity contribution in [2.75, 3.05) is 23.3 Å². The molecule has 104 valence electrons. The molecule has 2 heterocycles. The van der Waals surface area contributed by atoms with Gasteiger partial charge in [0, 0.05) is 24.7 Å². The van der Waals surface area contributed by atoms with Crippen LogP contribution in [0, 0.1) is 0 Å². The van der Waals surface area contributed by atoms with Gasteiger partial charge in [0.05, 0.1) is 0 Å². The summed E-state index contributed by atoms with van der Waals surface area (Å²) in [5.41, 5.74) is 5.70. The zero-order chi connectivity index (χ0) is 13.1. The maximum atomic E-state index is 5.70. The van der Waals surface area contributed by atoms with Gasteiger partial charge < -0.3 is 16.0 Å². The largest absolute Gasteiger partial charge is 0.367 e. The molecular formula is C14H23N5. The van der Waals surface area contributed by atoms with E-state index in [1.807, 2.05) is 0 Å². The van der Waals surface area contributed by atoms with Crippen molar-refractivity contribution in [3.05, 3.63) is 12.4 Å². The van der Waals surface area contributed by atoms with E-state index in [4.69, 9.17) is 5.73 Å². The molecule has 0 spiro atoms. The second-order valence-electron chi connectivity index (χ2n) is 5.60. The Kier molecular flexibility index (Phi) is 3.82. The van der Waals surface area contributed by atoms with Crippen LogP contribution in [-0.2, 0) is 0 Å². The molecule has 3 rings (SSSR count). The van der Waals surface area contributed by atoms with Crippen LogP contribution >= 0.6 is 0 Å². The minimum Gasteiger partial charge on any atom is -0.367 e. The highest BCUT2D eigenvalue weighted by molar-refractivity contribution is 5.50. The van der Waals surface area contributed by atoms with Gasteiger partial charge in [0.25, 0.3) is 0 Å². The Labute approximate surface area is 114 Å². The van der Waals surface area contributed by atoms with Gasteiger partial charge in [-0.1, -0.05) is 0 Å². The normalized spacial score (nSPS) is 23.4. The van der Waals surface area contributed by atoms with E-state index in [0.29, 0.717) is 12.1 Å². The summed E-state index contributed by atoms with van der Waals surface area (Å²) in [6.07, 6.45) is 9.05. The SMILES string of the molecule is NCCC1CCCN1c1cc(NC2CCC2)ncn1. The highest BCUT2D eigenvalue weighted by Crippen LogP contribution is 2.28. The van der Waals surface area contributed by atoms with Crippen LogP contribution in [0.3, 0.4) is 0 Å². The smallest absolute Gasteiger partial charge is 0.134 e. The first-order valence-electron chi connectivity index (χ1n) is 7.42. The van der Waals surface area contributed by atoms with Crippen molar-refractivity contribution in [3.8, 4) is 0 Å². The molecule has 3 N–H and O–H groups in total. The standard InChI is InChI=1S/C14H23N5/c15-7-6-12-5-2-8-19(12)14-9-13(16-10-17-14)18-11-3-1-4-11/h9-12H,1-8,15H2,(H,16,17,18). The van der Waals surface area contributed by atoms with Crippen LogP contribution in [0.1, 0.15) is 38.5 Å². The minimum absolute atomic E-state index is 0.552. The van der Waals surface area contributed by atoms with E-state index in [-0.39, 0.29) is 0 Å². The van der Waals surface area contributed by atoms with Crippen LogP contribution < -0.4 is 16.0 Å². The maximum Gasteiger partial charge on any atom is 0.134 e. The molecule has 1 saturated carbocycles. The van der Waals surface area contributed by atoms with E-state index in [9.17, 15) is 0 Å². The van der Waals surface area contributed by atoms with Gasteiger partial charge in [-0.3, -0.25) is 0 Å². The Morgan fingerprint density at radius 3 is 2.89 bits per heavy atom. The average Bonchev–Trinajstić information content (AvgIpc) is 2.83. The first-order chi connectivity index (χ1) is 9.36. The third-order valence-electron chi connectivity index (χ3n) is 4.28. The van der Waals surface area contributed by atoms with Crippen molar-refractivity contribution in [1.82, 2.24) is 9.97 Å². The van der Waals surface area contributed by atoms with Gasteiger partial charge in [-0.2, -0.15) is 0 Å². The van der Waals surface area contributed by atoms with E-state index in [2.05, 4.69) is 26.3 Å². The first-order valence-corrected chi connectivity index (χ1v) is 7.42. The van der Waals surface area contributed by atoms with Crippen molar-refractivity contribution in [2.24, 2.45) is 5.73 Å². The van der Waals surface area contributed by atoms with Crippen LogP contribution in [0.2, 0.25) is 0 Å². The summed E-state index contributed by atoms with van der Waals surface area (Å²) in [7, 11) is 0. The Morgan fingerprint density at radius 1 is 1.26 bits per heavy atom. The van der Waals surface area contributed by atoms with E-state index in [1.54, 1.807) is 6.33 Å². The summed E-state index contributed by atoms with van der Waals surface area (Å²) in [5.74, 6) is 2.01. The predicted molar refractivity (Wildman–Crippen MR) is 77.3 cm³/mol. The van der Waals surface area contributed by atoms with E-state index in [1.165, 1.54) is 32.1 Å². The molecule has 2 fully saturated rings. The molecule has 0 amide bonds. The van der Waals surface area contributed by atoms with Crippen molar-refractivity contribution >= 4 is 11.6 Å². The number of anilines is 2. The predicted octanol–water partition coefficient (Wildman–Crippen LogP) is 1.76. The Hall–Kier alpha value is -1.36. The monoisotopic (exact) mass is 261 g/mol. The van der Waals surface area contributed by atoms with Crippen LogP contribution in [0.4, 0.5) is 11.6 Å². The highest BCUT2D eigenvalue weighted by Gasteiger charge is 2.25. The summed E-state index contributed by atoms with van der Waals surface area (Å²) in [6, 6.07) is 3.25. The molecular weight excluding hydrogens is 238 g/mol. The van der Waals surface area contributed by atoms with Gasteiger partial charge >= 0.3 is 0 Å². The third kappa shape index (κ3) is 2.81. The van der Waals surface area contributed by atoms with Crippen LogP contribution in [0.25, 0.3) is 0 Å². The summed E-state index contributed by atoms with van der Waals surface area (Å²) in [6.45, 7) is 1.84. The molecule has 2 aliphatic rings. The molecule has 1 atom stereocenters. The van der Waals surface area contributed by atoms with Crippen molar-refractivity contribution < 1.29 is 0 Å². The molecule has 19 heavy (non-hydrogen) atoms. The van der Waals surface area contributed by atoms with Gasteiger partial charge in [0.1, 0.15) is 18.0 Å². The Bertz CT molecular complexity index is 418. The first kappa shape index (κ1) is 12.7.